The molecular formula is C27H72O2. The molecule has 0 aromatic heterocycles. The van der Waals surface area contributed by atoms with E-state index in [4.69, 9.17) is 10.2 Å². The Labute approximate surface area is 193 Å². The number of aliphatic hydroxyl groups excluding tert-OH is 2. The molecule has 0 aliphatic rings. The first-order chi connectivity index (χ1) is 9.67. The molecule has 0 amide bonds. The Hall–Kier alpha value is -0.860. The minimum Gasteiger partial charge on any atom is -0.392 e. The summed E-state index contributed by atoms with van der Waals surface area (Å²) in [6, 6.07) is 0. The van der Waals surface area contributed by atoms with Crippen LogP contribution in [0.25, 0.3) is 0 Å². The Morgan fingerprint density at radius 3 is 1.03 bits per heavy atom. The Kier molecular flexibility index (Phi) is 254. The second kappa shape index (κ2) is 92.8. The van der Waals surface area contributed by atoms with Gasteiger partial charge in [0.1, 0.15) is 0 Å². The Morgan fingerprint density at radius 1 is 0.621 bits per heavy atom. The molecule has 0 saturated carbocycles. The summed E-state index contributed by atoms with van der Waals surface area (Å²) in [5.74, 6) is 0.764. The second-order valence-electron chi connectivity index (χ2n) is 4.32. The summed E-state index contributed by atoms with van der Waals surface area (Å²) in [6.07, 6.45) is 15.6. The van der Waals surface area contributed by atoms with Crippen LogP contribution in [0.5, 0.6) is 0 Å². The van der Waals surface area contributed by atoms with E-state index in [2.05, 4.69) is 52.5 Å². The third-order valence-electron chi connectivity index (χ3n) is 2.53. The minimum absolute atomic E-state index is 0. The van der Waals surface area contributed by atoms with E-state index in [1.54, 1.807) is 0 Å². The van der Waals surface area contributed by atoms with E-state index >= 15 is 0 Å². The first-order valence-corrected chi connectivity index (χ1v) is 7.82. The summed E-state index contributed by atoms with van der Waals surface area (Å²) in [6.45, 7) is 12.5. The smallest absolute Gasteiger partial charge is 0.0613 e. The van der Waals surface area contributed by atoms with Gasteiger partial charge in [0.05, 0.1) is 13.2 Å². The van der Waals surface area contributed by atoms with Crippen LogP contribution in [0.15, 0.2) is 37.0 Å². The van der Waals surface area contributed by atoms with Gasteiger partial charge in [-0.3, -0.25) is 0 Å². The average molecular weight is 429 g/mol. The molecule has 1 unspecified atom stereocenters. The van der Waals surface area contributed by atoms with Gasteiger partial charge < -0.3 is 10.2 Å². The van der Waals surface area contributed by atoms with Crippen molar-refractivity contribution in [2.45, 2.75) is 127 Å². The molecule has 0 spiro atoms. The SMILES string of the molecule is C.C.C.C.C.C.C.C.C.C=CC(CC)CCC.CC/C=C\CC.OC/C=C\CO. The predicted molar refractivity (Wildman–Crippen MR) is 152 cm³/mol. The monoisotopic (exact) mass is 429 g/mol. The predicted octanol–water partition coefficient (Wildman–Crippen LogP) is 10.6. The van der Waals surface area contributed by atoms with Gasteiger partial charge in [-0.25, -0.2) is 0 Å². The lowest BCUT2D eigenvalue weighted by Gasteiger charge is -2.04. The van der Waals surface area contributed by atoms with Crippen molar-refractivity contribution in [2.24, 2.45) is 5.92 Å². The molecule has 2 N–H and O–H groups in total. The molecular weight excluding hydrogens is 356 g/mol. The van der Waals surface area contributed by atoms with Gasteiger partial charge in [-0.05, 0) is 31.6 Å². The summed E-state index contributed by atoms with van der Waals surface area (Å²) in [5, 5.41) is 16.0. The molecule has 0 rings (SSSR count). The first-order valence-electron chi connectivity index (χ1n) is 7.82. The minimum atomic E-state index is 0. The summed E-state index contributed by atoms with van der Waals surface area (Å²) >= 11 is 0. The molecule has 0 aliphatic carbocycles. The lowest BCUT2D eigenvalue weighted by molar-refractivity contribution is 0.329. The molecule has 0 saturated heterocycles. The topological polar surface area (TPSA) is 40.5 Å². The normalized spacial score (nSPS) is 7.93. The summed E-state index contributed by atoms with van der Waals surface area (Å²) in [5.41, 5.74) is 0. The van der Waals surface area contributed by atoms with Crippen molar-refractivity contribution in [3.63, 3.8) is 0 Å². The van der Waals surface area contributed by atoms with Crippen molar-refractivity contribution < 1.29 is 10.2 Å². The van der Waals surface area contributed by atoms with Gasteiger partial charge in [0.2, 0.25) is 0 Å². The maximum Gasteiger partial charge on any atom is 0.0613 e. The zero-order valence-corrected chi connectivity index (χ0v) is 14.0. The molecule has 0 bridgehead atoms. The molecule has 2 nitrogen and oxygen atoms in total. The third kappa shape index (κ3) is 116. The van der Waals surface area contributed by atoms with Crippen LogP contribution in [0.1, 0.15) is 127 Å². The van der Waals surface area contributed by atoms with Gasteiger partial charge in [-0.1, -0.05) is 131 Å². The summed E-state index contributed by atoms with van der Waals surface area (Å²) in [7, 11) is 0. The number of aliphatic hydroxyl groups is 2. The first kappa shape index (κ1) is 79.6. The number of allylic oxidation sites excluding steroid dienone is 3. The van der Waals surface area contributed by atoms with Gasteiger partial charge >= 0.3 is 0 Å². The molecule has 0 aromatic carbocycles. The lowest BCUT2D eigenvalue weighted by atomic mass is 10.0. The Bertz CT molecular complexity index is 183. The molecule has 192 valence electrons. The maximum absolute atomic E-state index is 8.00. The van der Waals surface area contributed by atoms with Crippen LogP contribution in [-0.4, -0.2) is 23.4 Å². The summed E-state index contributed by atoms with van der Waals surface area (Å²) < 4.78 is 0. The lowest BCUT2D eigenvalue weighted by Crippen LogP contribution is -1.90. The molecule has 0 fully saturated rings. The number of hydrogen-bond acceptors (Lipinski definition) is 2. The van der Waals surface area contributed by atoms with Gasteiger partial charge in [-0.2, -0.15) is 0 Å². The van der Waals surface area contributed by atoms with E-state index in [1.165, 1.54) is 44.3 Å². The van der Waals surface area contributed by atoms with E-state index < -0.39 is 0 Å². The fourth-order valence-corrected chi connectivity index (χ4v) is 1.34. The molecule has 0 aliphatic heterocycles. The van der Waals surface area contributed by atoms with E-state index in [-0.39, 0.29) is 80.1 Å². The van der Waals surface area contributed by atoms with Gasteiger partial charge in [0.15, 0.2) is 0 Å². The zero-order valence-electron chi connectivity index (χ0n) is 14.0. The Balaban J connectivity index is -0.0000000131. The summed E-state index contributed by atoms with van der Waals surface area (Å²) in [4.78, 5) is 0. The van der Waals surface area contributed by atoms with Crippen LogP contribution in [0.4, 0.5) is 0 Å². The molecule has 29 heavy (non-hydrogen) atoms. The fourth-order valence-electron chi connectivity index (χ4n) is 1.34. The van der Waals surface area contributed by atoms with Gasteiger partial charge in [-0.15, -0.1) is 6.58 Å². The van der Waals surface area contributed by atoms with E-state index in [1.807, 2.05) is 0 Å². The second-order valence-corrected chi connectivity index (χ2v) is 4.32. The third-order valence-corrected chi connectivity index (χ3v) is 2.53. The molecule has 0 aromatic rings. The van der Waals surface area contributed by atoms with E-state index in [0.717, 1.165) is 5.92 Å². The van der Waals surface area contributed by atoms with Crippen molar-refractivity contribution in [2.75, 3.05) is 13.2 Å². The standard InChI is InChI=1S/C8H16.C6H12.C4H8O2.9CH4/c1-4-7-8(5-2)6-3;1-3-5-6-4-2;5-3-1-2-4-6;;;;;;;;;/h5,8H,2,4,6-7H2,1,3H3;5-6H,3-4H2,1-2H3;1-2,5-6H,3-4H2;9*1H4/b;6-5-;2-1-;;;;;;;;;. The average Bonchev–Trinajstić information content (AvgIpc) is 2.49. The maximum atomic E-state index is 8.00. The van der Waals surface area contributed by atoms with Crippen molar-refractivity contribution >= 4 is 0 Å². The fraction of sp³-hybridized carbons (Fsp3) is 0.778. The van der Waals surface area contributed by atoms with Crippen LogP contribution in [-0.2, 0) is 0 Å². The van der Waals surface area contributed by atoms with Crippen molar-refractivity contribution in [3.8, 4) is 0 Å². The highest BCUT2D eigenvalue weighted by atomic mass is 16.3. The number of hydrogen-bond donors (Lipinski definition) is 2. The van der Waals surface area contributed by atoms with Gasteiger partial charge in [0.25, 0.3) is 0 Å². The van der Waals surface area contributed by atoms with E-state index in [9.17, 15) is 0 Å². The Morgan fingerprint density at radius 2 is 0.931 bits per heavy atom. The molecule has 0 radical (unpaired) electrons. The van der Waals surface area contributed by atoms with Crippen LogP contribution in [0, 0.1) is 5.92 Å². The quantitative estimate of drug-likeness (QED) is 0.377. The molecule has 2 heteroatoms. The highest BCUT2D eigenvalue weighted by Gasteiger charge is 1.95. The molecule has 0 heterocycles. The van der Waals surface area contributed by atoms with Crippen molar-refractivity contribution in [3.05, 3.63) is 37.0 Å². The van der Waals surface area contributed by atoms with E-state index in [0.29, 0.717) is 0 Å². The van der Waals surface area contributed by atoms with Crippen molar-refractivity contribution in [1.82, 2.24) is 0 Å². The number of rotatable bonds is 8. The van der Waals surface area contributed by atoms with Crippen LogP contribution < -0.4 is 0 Å². The van der Waals surface area contributed by atoms with Gasteiger partial charge in [0, 0.05) is 0 Å². The highest BCUT2D eigenvalue weighted by Crippen LogP contribution is 2.10. The van der Waals surface area contributed by atoms with Crippen LogP contribution in [0.2, 0.25) is 0 Å². The van der Waals surface area contributed by atoms with Crippen molar-refractivity contribution in [1.29, 1.82) is 0 Å². The van der Waals surface area contributed by atoms with Crippen LogP contribution in [0.3, 0.4) is 0 Å². The van der Waals surface area contributed by atoms with Crippen LogP contribution >= 0.6 is 0 Å². The molecule has 1 atom stereocenters. The zero-order chi connectivity index (χ0) is 16.1. The largest absolute Gasteiger partial charge is 0.392 e. The highest BCUT2D eigenvalue weighted by molar-refractivity contribution is 4.79.